The Morgan fingerprint density at radius 2 is 1.52 bits per heavy atom. The van der Waals surface area contributed by atoms with Crippen LogP contribution in [-0.2, 0) is 10.0 Å². The molecule has 8 heteroatoms. The first-order chi connectivity index (χ1) is 12.9. The second-order valence-corrected chi connectivity index (χ2v) is 8.93. The Kier molecular flexibility index (Phi) is 5.98. The zero-order chi connectivity index (χ0) is 19.4. The van der Waals surface area contributed by atoms with Crippen molar-refractivity contribution in [3.8, 4) is 0 Å². The molecule has 0 unspecified atom stereocenters. The zero-order valence-corrected chi connectivity index (χ0v) is 17.8. The normalized spacial score (nSPS) is 12.0. The maximum Gasteiger partial charge on any atom is 0.261 e. The predicted octanol–water partition coefficient (Wildman–Crippen LogP) is 4.45. The summed E-state index contributed by atoms with van der Waals surface area (Å²) >= 11 is 6.61. The topological polar surface area (TPSA) is 81.6 Å². The molecule has 0 saturated heterocycles. The van der Waals surface area contributed by atoms with Gasteiger partial charge in [-0.25, -0.2) is 8.42 Å². The SMILES string of the molecule is O=S(=O)(Nc1ccccc1C([O-])=Nc1ccccc1Br)c1ccc(Br)cc1. The van der Waals surface area contributed by atoms with Gasteiger partial charge in [0.2, 0.25) is 0 Å². The molecule has 0 aromatic heterocycles. The first-order valence-corrected chi connectivity index (χ1v) is 10.8. The minimum atomic E-state index is -3.84. The summed E-state index contributed by atoms with van der Waals surface area (Å²) in [7, 11) is -3.84. The Hall–Kier alpha value is -2.16. The van der Waals surface area contributed by atoms with E-state index < -0.39 is 15.9 Å². The molecular weight excluding hydrogens is 496 g/mol. The van der Waals surface area contributed by atoms with E-state index in [1.54, 1.807) is 42.5 Å². The van der Waals surface area contributed by atoms with E-state index >= 15 is 0 Å². The van der Waals surface area contributed by atoms with Crippen LogP contribution in [0.1, 0.15) is 5.56 Å². The summed E-state index contributed by atoms with van der Waals surface area (Å²) in [5.74, 6) is -0.545. The molecule has 0 atom stereocenters. The van der Waals surface area contributed by atoms with E-state index in [1.165, 1.54) is 24.3 Å². The number of anilines is 1. The van der Waals surface area contributed by atoms with Gasteiger partial charge in [0.15, 0.2) is 0 Å². The largest absolute Gasteiger partial charge is 0.858 e. The van der Waals surface area contributed by atoms with Crippen LogP contribution in [0.4, 0.5) is 11.4 Å². The summed E-state index contributed by atoms with van der Waals surface area (Å²) in [6.07, 6.45) is 0. The highest BCUT2D eigenvalue weighted by Crippen LogP contribution is 2.26. The molecule has 0 radical (unpaired) electrons. The number of nitrogens with one attached hydrogen (secondary N) is 1. The summed E-state index contributed by atoms with van der Waals surface area (Å²) in [4.78, 5) is 4.17. The van der Waals surface area contributed by atoms with E-state index in [1.807, 2.05) is 6.07 Å². The van der Waals surface area contributed by atoms with Crippen LogP contribution < -0.4 is 9.83 Å². The fraction of sp³-hybridized carbons (Fsp3) is 0. The van der Waals surface area contributed by atoms with Crippen molar-refractivity contribution >= 4 is 59.2 Å². The molecular formula is C19H13Br2N2O3S-. The van der Waals surface area contributed by atoms with Crippen molar-refractivity contribution in [1.29, 1.82) is 0 Å². The van der Waals surface area contributed by atoms with Crippen LogP contribution in [0.25, 0.3) is 0 Å². The second kappa shape index (κ2) is 8.24. The molecule has 0 aliphatic rings. The van der Waals surface area contributed by atoms with Gasteiger partial charge in [0, 0.05) is 14.5 Å². The van der Waals surface area contributed by atoms with Crippen LogP contribution >= 0.6 is 31.9 Å². The lowest BCUT2D eigenvalue weighted by Crippen LogP contribution is -2.22. The van der Waals surface area contributed by atoms with Crippen LogP contribution in [0, 0.1) is 0 Å². The van der Waals surface area contributed by atoms with Gasteiger partial charge in [0.25, 0.3) is 10.0 Å². The average Bonchev–Trinajstić information content (AvgIpc) is 2.64. The number of hydrogen-bond donors (Lipinski definition) is 1. The number of hydrogen-bond acceptors (Lipinski definition) is 4. The highest BCUT2D eigenvalue weighted by Gasteiger charge is 2.16. The van der Waals surface area contributed by atoms with E-state index in [2.05, 4.69) is 41.6 Å². The fourth-order valence-electron chi connectivity index (χ4n) is 2.29. The van der Waals surface area contributed by atoms with Gasteiger partial charge < -0.3 is 5.11 Å². The van der Waals surface area contributed by atoms with Gasteiger partial charge in [0.1, 0.15) is 0 Å². The second-order valence-electron chi connectivity index (χ2n) is 5.47. The minimum Gasteiger partial charge on any atom is -0.858 e. The minimum absolute atomic E-state index is 0.0932. The van der Waals surface area contributed by atoms with Gasteiger partial charge in [-0.3, -0.25) is 9.71 Å². The van der Waals surface area contributed by atoms with E-state index in [0.29, 0.717) is 10.2 Å². The lowest BCUT2D eigenvalue weighted by molar-refractivity contribution is -0.212. The molecule has 0 amide bonds. The Labute approximate surface area is 174 Å². The molecule has 3 aromatic carbocycles. The molecule has 0 bridgehead atoms. The summed E-state index contributed by atoms with van der Waals surface area (Å²) in [5, 5.41) is 12.6. The summed E-state index contributed by atoms with van der Waals surface area (Å²) < 4.78 is 29.2. The van der Waals surface area contributed by atoms with Crippen molar-refractivity contribution in [2.45, 2.75) is 4.90 Å². The molecule has 0 saturated carbocycles. The third-order valence-corrected chi connectivity index (χ3v) is 6.18. The van der Waals surface area contributed by atoms with Crippen molar-refractivity contribution in [3.05, 3.63) is 87.3 Å². The van der Waals surface area contributed by atoms with Crippen LogP contribution in [0.5, 0.6) is 0 Å². The van der Waals surface area contributed by atoms with Gasteiger partial charge in [-0.05, 0) is 64.3 Å². The third-order valence-electron chi connectivity index (χ3n) is 3.60. The fourth-order valence-corrected chi connectivity index (χ4v) is 4.01. The van der Waals surface area contributed by atoms with E-state index in [0.717, 1.165) is 4.47 Å². The first kappa shape index (κ1) is 19.6. The van der Waals surface area contributed by atoms with Crippen LogP contribution in [0.3, 0.4) is 0 Å². The number of benzene rings is 3. The average molecular weight is 509 g/mol. The zero-order valence-electron chi connectivity index (χ0n) is 13.8. The Bertz CT molecular complexity index is 1100. The van der Waals surface area contributed by atoms with E-state index in [9.17, 15) is 13.5 Å². The van der Waals surface area contributed by atoms with E-state index in [4.69, 9.17) is 0 Å². The maximum atomic E-state index is 12.6. The molecule has 0 heterocycles. The van der Waals surface area contributed by atoms with Crippen molar-refractivity contribution in [2.24, 2.45) is 4.99 Å². The van der Waals surface area contributed by atoms with Crippen LogP contribution in [-0.4, -0.2) is 14.3 Å². The molecule has 0 fully saturated rings. The van der Waals surface area contributed by atoms with Crippen LogP contribution in [0.2, 0.25) is 0 Å². The van der Waals surface area contributed by atoms with Crippen molar-refractivity contribution in [1.82, 2.24) is 0 Å². The number of nitrogens with zero attached hydrogens (tertiary/aromatic N) is 1. The van der Waals surface area contributed by atoms with E-state index in [-0.39, 0.29) is 16.1 Å². The number of aliphatic imine (C=N–C) groups is 1. The Morgan fingerprint density at radius 1 is 0.889 bits per heavy atom. The summed E-state index contributed by atoms with van der Waals surface area (Å²) in [6, 6.07) is 19.6. The third kappa shape index (κ3) is 4.77. The molecule has 138 valence electrons. The summed E-state index contributed by atoms with van der Waals surface area (Å²) in [5.41, 5.74) is 0.795. The summed E-state index contributed by atoms with van der Waals surface area (Å²) in [6.45, 7) is 0. The van der Waals surface area contributed by atoms with Gasteiger partial charge in [-0.15, -0.1) is 0 Å². The molecule has 0 aliphatic heterocycles. The molecule has 1 N–H and O–H groups in total. The van der Waals surface area contributed by atoms with Gasteiger partial charge in [-0.2, -0.15) is 0 Å². The number of halogens is 2. The lowest BCUT2D eigenvalue weighted by Gasteiger charge is -2.17. The monoisotopic (exact) mass is 507 g/mol. The molecule has 5 nitrogen and oxygen atoms in total. The standard InChI is InChI=1S/C19H14Br2N2O3S/c20-13-9-11-14(12-10-13)27(25,26)23-17-7-3-1-5-15(17)19(24)22-18-8-4-2-6-16(18)21/h1-12,23H,(H,22,24)/p-1. The molecule has 27 heavy (non-hydrogen) atoms. The molecule has 0 spiro atoms. The number of rotatable bonds is 5. The Balaban J connectivity index is 1.97. The molecule has 0 aliphatic carbocycles. The van der Waals surface area contributed by atoms with Crippen molar-refractivity contribution in [2.75, 3.05) is 4.72 Å². The quantitative estimate of drug-likeness (QED) is 0.408. The lowest BCUT2D eigenvalue weighted by atomic mass is 10.2. The smallest absolute Gasteiger partial charge is 0.261 e. The van der Waals surface area contributed by atoms with Crippen molar-refractivity contribution in [3.63, 3.8) is 0 Å². The van der Waals surface area contributed by atoms with Gasteiger partial charge in [0.05, 0.1) is 16.3 Å². The maximum absolute atomic E-state index is 12.6. The number of sulfonamides is 1. The van der Waals surface area contributed by atoms with Gasteiger partial charge in [-0.1, -0.05) is 46.3 Å². The van der Waals surface area contributed by atoms with Gasteiger partial charge >= 0.3 is 0 Å². The Morgan fingerprint density at radius 3 is 2.22 bits per heavy atom. The highest BCUT2D eigenvalue weighted by atomic mass is 79.9. The van der Waals surface area contributed by atoms with Crippen molar-refractivity contribution < 1.29 is 13.5 Å². The first-order valence-electron chi connectivity index (χ1n) is 7.75. The van der Waals surface area contributed by atoms with Crippen LogP contribution in [0.15, 0.2) is 91.6 Å². The molecule has 3 rings (SSSR count). The number of para-hydroxylation sites is 2. The molecule has 3 aromatic rings. The highest BCUT2D eigenvalue weighted by molar-refractivity contribution is 9.10. The predicted molar refractivity (Wildman–Crippen MR) is 112 cm³/mol.